The molecule has 0 saturated carbocycles. The van der Waals surface area contributed by atoms with Crippen LogP contribution in [-0.2, 0) is 26.3 Å². The first kappa shape index (κ1) is 48.6. The molecule has 66 heavy (non-hydrogen) atoms. The Morgan fingerprint density at radius 3 is 2.44 bits per heavy atom. The number of H-pyrrole nitrogens is 1. The summed E-state index contributed by atoms with van der Waals surface area (Å²) in [6.07, 6.45) is 4.68. The standard InChI is InChI=1S/C46H48ClF3N6O7S3/c1-55(2)20-3-18-51-40-13-10-36(27-42(40)65(59,60)46(48,49)50)66(61,62)54-45(58)38-12-9-34(26-41(38)63-35-25-32-14-19-52-44(32)53-28-35)56-21-15-31(16-22-56)43(57)39-24-29(17-23-64)4-11-37(39)30-5-7-33(47)8-6-30/h4-14,19,24-28,31,43,51,57,64H,3,15-18,20-23H2,1-2H3,(H,52,53)(H,54,58)/t43-/m1/s1. The number of sulfone groups is 1. The molecule has 1 saturated heterocycles. The highest BCUT2D eigenvalue weighted by Gasteiger charge is 2.48. The third kappa shape index (κ3) is 11.1. The van der Waals surface area contributed by atoms with Crippen LogP contribution in [-0.4, -0.2) is 94.3 Å². The Morgan fingerprint density at radius 1 is 1.00 bits per heavy atom. The molecule has 13 nitrogen and oxygen atoms in total. The normalized spacial score (nSPS) is 14.4. The third-order valence-corrected chi connectivity index (χ3v) is 14.7. The average molecular weight is 986 g/mol. The van der Waals surface area contributed by atoms with Crippen LogP contribution in [0.4, 0.5) is 24.5 Å². The fourth-order valence-electron chi connectivity index (χ4n) is 7.86. The molecule has 4 N–H and O–H groups in total. The maximum absolute atomic E-state index is 13.9. The van der Waals surface area contributed by atoms with E-state index in [1.165, 1.54) is 12.3 Å². The van der Waals surface area contributed by atoms with Gasteiger partial charge in [-0.1, -0.05) is 41.9 Å². The Labute approximate surface area is 391 Å². The predicted octanol–water partition coefficient (Wildman–Crippen LogP) is 8.87. The smallest absolute Gasteiger partial charge is 0.455 e. The minimum atomic E-state index is -6.04. The molecular weight excluding hydrogens is 937 g/mol. The number of hydrogen-bond acceptors (Lipinski definition) is 12. The number of aliphatic hydroxyl groups excluding tert-OH is 1. The number of nitrogens with zero attached hydrogens (tertiary/aromatic N) is 3. The van der Waals surface area contributed by atoms with E-state index in [9.17, 15) is 39.9 Å². The lowest BCUT2D eigenvalue weighted by atomic mass is 9.83. The van der Waals surface area contributed by atoms with Crippen LogP contribution in [0.25, 0.3) is 22.2 Å². The maximum Gasteiger partial charge on any atom is 0.501 e. The molecule has 0 unspecified atom stereocenters. The quantitative estimate of drug-likeness (QED) is 0.0437. The van der Waals surface area contributed by atoms with Crippen LogP contribution in [0.3, 0.4) is 0 Å². The lowest BCUT2D eigenvalue weighted by molar-refractivity contribution is -0.0435. The highest BCUT2D eigenvalue weighted by molar-refractivity contribution is 7.92. The van der Waals surface area contributed by atoms with Gasteiger partial charge in [0.15, 0.2) is 0 Å². The Balaban J connectivity index is 1.15. The Kier molecular flexibility index (Phi) is 14.9. The van der Waals surface area contributed by atoms with Gasteiger partial charge in [-0.3, -0.25) is 4.79 Å². The van der Waals surface area contributed by atoms with Crippen molar-refractivity contribution in [3.05, 3.63) is 125 Å². The van der Waals surface area contributed by atoms with E-state index in [1.54, 1.807) is 44.6 Å². The van der Waals surface area contributed by atoms with Gasteiger partial charge in [0.05, 0.1) is 28.4 Å². The number of benzene rings is 4. The second-order valence-electron chi connectivity index (χ2n) is 16.2. The minimum absolute atomic E-state index is 0.0646. The number of anilines is 2. The first-order valence-corrected chi connectivity index (χ1v) is 24.9. The number of sulfonamides is 1. The van der Waals surface area contributed by atoms with Crippen molar-refractivity contribution >= 4 is 72.4 Å². The fraction of sp³-hybridized carbons (Fsp3) is 0.304. The first-order chi connectivity index (χ1) is 31.3. The van der Waals surface area contributed by atoms with Gasteiger partial charge in [-0.25, -0.2) is 26.5 Å². The number of piperidine rings is 1. The Hall–Kier alpha value is -5.31. The number of rotatable bonds is 17. The number of alkyl halides is 3. The van der Waals surface area contributed by atoms with Gasteiger partial charge < -0.3 is 29.9 Å². The molecule has 3 heterocycles. The molecule has 6 aromatic rings. The second kappa shape index (κ2) is 20.3. The fourth-order valence-corrected chi connectivity index (χ4v) is 10.3. The predicted molar refractivity (Wildman–Crippen MR) is 253 cm³/mol. The number of fused-ring (bicyclic) bond motifs is 1. The van der Waals surface area contributed by atoms with Crippen molar-refractivity contribution < 1.29 is 44.6 Å². The van der Waals surface area contributed by atoms with Gasteiger partial charge in [0.1, 0.15) is 22.0 Å². The summed E-state index contributed by atoms with van der Waals surface area (Å²) >= 11 is 10.6. The number of hydrogen-bond donors (Lipinski definition) is 5. The summed E-state index contributed by atoms with van der Waals surface area (Å²) in [6.45, 7) is 1.64. The molecule has 0 radical (unpaired) electrons. The second-order valence-corrected chi connectivity index (χ2v) is 20.6. The number of halogens is 4. The summed E-state index contributed by atoms with van der Waals surface area (Å²) in [5.41, 5.74) is -1.56. The van der Waals surface area contributed by atoms with Gasteiger partial charge in [0, 0.05) is 48.0 Å². The highest BCUT2D eigenvalue weighted by atomic mass is 35.5. The number of thiol groups is 1. The largest absolute Gasteiger partial charge is 0.501 e. The van der Waals surface area contributed by atoms with Crippen LogP contribution in [0.1, 0.15) is 46.9 Å². The Morgan fingerprint density at radius 2 is 1.74 bits per heavy atom. The van der Waals surface area contributed by atoms with Crippen LogP contribution in [0.15, 0.2) is 113 Å². The Bertz CT molecular complexity index is 2930. The van der Waals surface area contributed by atoms with E-state index in [0.29, 0.717) is 72.5 Å². The van der Waals surface area contributed by atoms with E-state index in [0.717, 1.165) is 40.8 Å². The zero-order valence-electron chi connectivity index (χ0n) is 35.8. The van der Waals surface area contributed by atoms with Crippen LogP contribution in [0.5, 0.6) is 11.5 Å². The van der Waals surface area contributed by atoms with E-state index in [4.69, 9.17) is 16.3 Å². The summed E-state index contributed by atoms with van der Waals surface area (Å²) in [4.78, 5) is 23.0. The zero-order chi connectivity index (χ0) is 47.4. The molecule has 350 valence electrons. The summed E-state index contributed by atoms with van der Waals surface area (Å²) in [7, 11) is -7.43. The topological polar surface area (TPSA) is 174 Å². The molecular formula is C46H48ClF3N6O7S3. The number of aromatic amines is 1. The SMILES string of the molecule is CN(C)CCCNc1ccc(S(=O)(=O)NC(=O)c2ccc(N3CCC([C@@H](O)c4cc(CCS)ccc4-c4ccc(Cl)cc4)CC3)cc2Oc2cnc3[nH]ccc3c2)cc1S(=O)(=O)C(F)(F)F. The average Bonchev–Trinajstić information content (AvgIpc) is 3.75. The molecule has 0 aliphatic carbocycles. The molecule has 0 bridgehead atoms. The molecule has 2 aromatic heterocycles. The van der Waals surface area contributed by atoms with Crippen LogP contribution >= 0.6 is 24.2 Å². The van der Waals surface area contributed by atoms with Crippen LogP contribution in [0.2, 0.25) is 5.02 Å². The minimum Gasteiger partial charge on any atom is -0.455 e. The van der Waals surface area contributed by atoms with E-state index in [1.807, 2.05) is 52.1 Å². The number of aliphatic hydroxyl groups is 1. The number of pyridine rings is 1. The van der Waals surface area contributed by atoms with Crippen molar-refractivity contribution in [2.45, 2.75) is 47.1 Å². The number of nitrogens with one attached hydrogen (secondary N) is 3. The van der Waals surface area contributed by atoms with E-state index < -0.39 is 52.9 Å². The molecule has 7 rings (SSSR count). The van der Waals surface area contributed by atoms with Gasteiger partial charge in [0.25, 0.3) is 25.8 Å². The van der Waals surface area contributed by atoms with Crippen molar-refractivity contribution in [1.29, 1.82) is 0 Å². The number of amides is 1. The number of carbonyl (C=O) groups is 1. The molecule has 1 amide bonds. The maximum atomic E-state index is 13.9. The van der Waals surface area contributed by atoms with Crippen molar-refractivity contribution in [2.75, 3.05) is 56.2 Å². The van der Waals surface area contributed by atoms with Crippen molar-refractivity contribution in [1.82, 2.24) is 19.6 Å². The lowest BCUT2D eigenvalue weighted by Crippen LogP contribution is -2.36. The monoisotopic (exact) mass is 984 g/mol. The van der Waals surface area contributed by atoms with E-state index in [2.05, 4.69) is 32.8 Å². The van der Waals surface area contributed by atoms with Gasteiger partial charge in [-0.2, -0.15) is 25.8 Å². The van der Waals surface area contributed by atoms with Gasteiger partial charge in [0.2, 0.25) is 0 Å². The third-order valence-electron chi connectivity index (χ3n) is 11.3. The summed E-state index contributed by atoms with van der Waals surface area (Å²) in [5.74, 6) is -0.508. The van der Waals surface area contributed by atoms with Crippen molar-refractivity contribution in [3.63, 3.8) is 0 Å². The number of carbonyl (C=O) groups excluding carboxylic acids is 1. The van der Waals surface area contributed by atoms with E-state index in [-0.39, 0.29) is 29.5 Å². The first-order valence-electron chi connectivity index (χ1n) is 20.9. The zero-order valence-corrected chi connectivity index (χ0v) is 39.1. The molecule has 1 aliphatic heterocycles. The molecule has 20 heteroatoms. The summed E-state index contributed by atoms with van der Waals surface area (Å²) < 4.78 is 103. The lowest BCUT2D eigenvalue weighted by Gasteiger charge is -2.36. The van der Waals surface area contributed by atoms with Crippen molar-refractivity contribution in [3.8, 4) is 22.6 Å². The number of aromatic nitrogens is 2. The van der Waals surface area contributed by atoms with Crippen LogP contribution in [0, 0.1) is 5.92 Å². The molecule has 1 aliphatic rings. The van der Waals surface area contributed by atoms with Crippen molar-refractivity contribution in [2.24, 2.45) is 5.92 Å². The van der Waals surface area contributed by atoms with Gasteiger partial charge in [-0.15, -0.1) is 0 Å². The van der Waals surface area contributed by atoms with Gasteiger partial charge >= 0.3 is 5.51 Å². The molecule has 0 spiro atoms. The molecule has 4 aromatic carbocycles. The number of ether oxygens (including phenoxy) is 1. The molecule has 1 fully saturated rings. The highest BCUT2D eigenvalue weighted by Crippen LogP contribution is 2.40. The summed E-state index contributed by atoms with van der Waals surface area (Å²) in [6, 6.07) is 23.7. The van der Waals surface area contributed by atoms with Crippen LogP contribution < -0.4 is 19.7 Å². The summed E-state index contributed by atoms with van der Waals surface area (Å²) in [5, 5.41) is 15.9. The number of aryl methyl sites for hydroxylation is 1. The van der Waals surface area contributed by atoms with Gasteiger partial charge in [-0.05, 0) is 135 Å². The molecule has 1 atom stereocenters. The van der Waals surface area contributed by atoms with E-state index >= 15 is 0 Å².